The highest BCUT2D eigenvalue weighted by Crippen LogP contribution is 2.30. The molecule has 0 spiro atoms. The number of ether oxygens (including phenoxy) is 2. The first-order chi connectivity index (χ1) is 16.1. The van der Waals surface area contributed by atoms with Crippen LogP contribution in [0.2, 0.25) is 0 Å². The highest BCUT2D eigenvalue weighted by molar-refractivity contribution is 7.13. The number of hydrogen-bond donors (Lipinski definition) is 0. The number of hydrogen-bond acceptors (Lipinski definition) is 5. The van der Waals surface area contributed by atoms with Gasteiger partial charge in [0.05, 0.1) is 24.8 Å². The summed E-state index contributed by atoms with van der Waals surface area (Å²) in [6.45, 7) is 0.491. The largest absolute Gasteiger partial charge is 0.493 e. The molecule has 2 aromatic heterocycles. The van der Waals surface area contributed by atoms with Crippen molar-refractivity contribution in [1.82, 2.24) is 14.7 Å². The Morgan fingerprint density at radius 1 is 1.03 bits per heavy atom. The summed E-state index contributed by atoms with van der Waals surface area (Å²) in [7, 11) is 5.07. The molecule has 4 rings (SSSR count). The summed E-state index contributed by atoms with van der Waals surface area (Å²) in [4.78, 5) is 15.8. The van der Waals surface area contributed by atoms with Crippen molar-refractivity contribution in [2.24, 2.45) is 0 Å². The molecule has 0 aliphatic carbocycles. The average molecular weight is 462 g/mol. The summed E-state index contributed by atoms with van der Waals surface area (Å²) in [6, 6.07) is 19.8. The van der Waals surface area contributed by atoms with E-state index in [9.17, 15) is 4.79 Å². The Morgan fingerprint density at radius 3 is 2.52 bits per heavy atom. The number of para-hydroxylation sites is 1. The molecule has 0 aliphatic heterocycles. The van der Waals surface area contributed by atoms with Crippen molar-refractivity contribution in [3.63, 3.8) is 0 Å². The van der Waals surface area contributed by atoms with Crippen molar-refractivity contribution in [1.29, 1.82) is 0 Å². The second-order valence-corrected chi connectivity index (χ2v) is 8.65. The molecule has 0 aliphatic rings. The lowest BCUT2D eigenvalue weighted by Crippen LogP contribution is -2.26. The molecule has 0 N–H and O–H groups in total. The first kappa shape index (κ1) is 22.6. The summed E-state index contributed by atoms with van der Waals surface area (Å²) in [5, 5.41) is 6.87. The van der Waals surface area contributed by atoms with Crippen LogP contribution in [0.5, 0.6) is 11.5 Å². The molecule has 0 bridgehead atoms. The van der Waals surface area contributed by atoms with Gasteiger partial charge in [-0.3, -0.25) is 4.79 Å². The number of methoxy groups -OCH3 is 2. The van der Waals surface area contributed by atoms with Crippen LogP contribution >= 0.6 is 11.3 Å². The van der Waals surface area contributed by atoms with Gasteiger partial charge in [0, 0.05) is 31.8 Å². The van der Waals surface area contributed by atoms with E-state index in [1.165, 1.54) is 0 Å². The van der Waals surface area contributed by atoms with Crippen molar-refractivity contribution in [2.75, 3.05) is 21.3 Å². The van der Waals surface area contributed by atoms with Crippen LogP contribution in [-0.4, -0.2) is 41.9 Å². The zero-order valence-corrected chi connectivity index (χ0v) is 19.8. The minimum absolute atomic E-state index is 0.0781. The maximum absolute atomic E-state index is 12.9. The van der Waals surface area contributed by atoms with Crippen molar-refractivity contribution >= 4 is 17.2 Å². The van der Waals surface area contributed by atoms with Gasteiger partial charge in [-0.05, 0) is 47.7 Å². The standard InChI is InChI=1S/C26H27N3O3S/c1-28(25(30)14-12-19-11-13-22(31-2)23(16-19)32-3)17-20-18-29(21-8-5-4-6-9-21)27-26(20)24-10-7-15-33-24/h4-11,13,15-16,18H,12,14,17H2,1-3H3. The minimum atomic E-state index is 0.0781. The molecule has 7 heteroatoms. The van der Waals surface area contributed by atoms with E-state index in [0.29, 0.717) is 30.9 Å². The Bertz CT molecular complexity index is 1200. The number of carbonyl (C=O) groups is 1. The first-order valence-electron chi connectivity index (χ1n) is 10.7. The van der Waals surface area contributed by atoms with Crippen LogP contribution in [-0.2, 0) is 17.8 Å². The minimum Gasteiger partial charge on any atom is -0.493 e. The van der Waals surface area contributed by atoms with Gasteiger partial charge in [0.25, 0.3) is 0 Å². The number of carbonyl (C=O) groups excluding carboxylic acids is 1. The number of amides is 1. The van der Waals surface area contributed by atoms with E-state index in [1.807, 2.05) is 77.9 Å². The molecular weight excluding hydrogens is 434 g/mol. The summed E-state index contributed by atoms with van der Waals surface area (Å²) in [5.41, 5.74) is 3.95. The van der Waals surface area contributed by atoms with Crippen LogP contribution in [0.3, 0.4) is 0 Å². The Labute approximate surface area is 198 Å². The summed E-state index contributed by atoms with van der Waals surface area (Å²) >= 11 is 1.65. The highest BCUT2D eigenvalue weighted by atomic mass is 32.1. The second-order valence-electron chi connectivity index (χ2n) is 7.70. The molecule has 0 atom stereocenters. The average Bonchev–Trinajstić information content (AvgIpc) is 3.53. The molecule has 2 aromatic carbocycles. The van der Waals surface area contributed by atoms with Crippen molar-refractivity contribution in [2.45, 2.75) is 19.4 Å². The van der Waals surface area contributed by atoms with Crippen LogP contribution in [0.1, 0.15) is 17.5 Å². The van der Waals surface area contributed by atoms with Gasteiger partial charge in [0.1, 0.15) is 5.69 Å². The smallest absolute Gasteiger partial charge is 0.222 e. The third-order valence-corrected chi connectivity index (χ3v) is 6.35. The maximum atomic E-state index is 12.9. The van der Waals surface area contributed by atoms with Gasteiger partial charge in [-0.2, -0.15) is 5.10 Å². The molecular formula is C26H27N3O3S. The lowest BCUT2D eigenvalue weighted by Gasteiger charge is -2.17. The fourth-order valence-electron chi connectivity index (χ4n) is 3.68. The van der Waals surface area contributed by atoms with Crippen molar-refractivity contribution in [3.05, 3.63) is 83.4 Å². The van der Waals surface area contributed by atoms with Crippen LogP contribution in [0.25, 0.3) is 16.3 Å². The molecule has 0 saturated heterocycles. The van der Waals surface area contributed by atoms with E-state index < -0.39 is 0 Å². The van der Waals surface area contributed by atoms with Gasteiger partial charge in [0.2, 0.25) is 5.91 Å². The highest BCUT2D eigenvalue weighted by Gasteiger charge is 2.17. The molecule has 6 nitrogen and oxygen atoms in total. The second kappa shape index (κ2) is 10.4. The summed E-state index contributed by atoms with van der Waals surface area (Å²) in [6.07, 6.45) is 3.06. The predicted molar refractivity (Wildman–Crippen MR) is 131 cm³/mol. The third-order valence-electron chi connectivity index (χ3n) is 5.47. The lowest BCUT2D eigenvalue weighted by molar-refractivity contribution is -0.130. The number of rotatable bonds is 9. The molecule has 0 fully saturated rings. The molecule has 1 amide bonds. The van der Waals surface area contributed by atoms with Crippen LogP contribution < -0.4 is 9.47 Å². The number of nitrogens with zero attached hydrogens (tertiary/aromatic N) is 3. The van der Waals surface area contributed by atoms with Gasteiger partial charge >= 0.3 is 0 Å². The monoisotopic (exact) mass is 461 g/mol. The zero-order chi connectivity index (χ0) is 23.2. The van der Waals surface area contributed by atoms with Gasteiger partial charge in [0.15, 0.2) is 11.5 Å². The summed E-state index contributed by atoms with van der Waals surface area (Å²) < 4.78 is 12.5. The predicted octanol–water partition coefficient (Wildman–Crippen LogP) is 5.21. The quantitative estimate of drug-likeness (QED) is 0.343. The fourth-order valence-corrected chi connectivity index (χ4v) is 4.43. The Kier molecular flexibility index (Phi) is 7.10. The first-order valence-corrected chi connectivity index (χ1v) is 11.6. The molecule has 0 radical (unpaired) electrons. The van der Waals surface area contributed by atoms with Crippen molar-refractivity contribution < 1.29 is 14.3 Å². The van der Waals surface area contributed by atoms with Crippen LogP contribution in [0.4, 0.5) is 0 Å². The number of thiophene rings is 1. The number of aryl methyl sites for hydroxylation is 1. The Balaban J connectivity index is 1.48. The molecule has 33 heavy (non-hydrogen) atoms. The number of aromatic nitrogens is 2. The lowest BCUT2D eigenvalue weighted by atomic mass is 10.1. The number of benzene rings is 2. The van der Waals surface area contributed by atoms with Gasteiger partial charge < -0.3 is 14.4 Å². The normalized spacial score (nSPS) is 10.8. The molecule has 0 saturated carbocycles. The SMILES string of the molecule is COc1ccc(CCC(=O)N(C)Cc2cn(-c3ccccc3)nc2-c2cccs2)cc1OC. The Morgan fingerprint density at radius 2 is 1.82 bits per heavy atom. The van der Waals surface area contributed by atoms with Gasteiger partial charge in [-0.15, -0.1) is 11.3 Å². The van der Waals surface area contributed by atoms with E-state index >= 15 is 0 Å². The fraction of sp³-hybridized carbons (Fsp3) is 0.231. The van der Waals surface area contributed by atoms with E-state index in [2.05, 4.69) is 6.07 Å². The van der Waals surface area contributed by atoms with E-state index in [4.69, 9.17) is 14.6 Å². The van der Waals surface area contributed by atoms with Crippen molar-refractivity contribution in [3.8, 4) is 27.8 Å². The molecule has 2 heterocycles. The van der Waals surface area contributed by atoms with Gasteiger partial charge in [-0.1, -0.05) is 30.3 Å². The molecule has 4 aromatic rings. The third kappa shape index (κ3) is 5.26. The van der Waals surface area contributed by atoms with Gasteiger partial charge in [-0.25, -0.2) is 4.68 Å². The summed E-state index contributed by atoms with van der Waals surface area (Å²) in [5.74, 6) is 1.43. The van der Waals surface area contributed by atoms with Crippen LogP contribution in [0, 0.1) is 0 Å². The molecule has 0 unspecified atom stereocenters. The maximum Gasteiger partial charge on any atom is 0.222 e. The van der Waals surface area contributed by atoms with E-state index in [-0.39, 0.29) is 5.91 Å². The topological polar surface area (TPSA) is 56.6 Å². The van der Waals surface area contributed by atoms with E-state index in [1.54, 1.807) is 30.5 Å². The van der Waals surface area contributed by atoms with Crippen LogP contribution in [0.15, 0.2) is 72.2 Å². The zero-order valence-electron chi connectivity index (χ0n) is 19.0. The van der Waals surface area contributed by atoms with E-state index in [0.717, 1.165) is 27.4 Å². The molecule has 170 valence electrons. The Hall–Kier alpha value is -3.58.